The first kappa shape index (κ1) is 22.3. The molecule has 4 nitrogen and oxygen atoms in total. The van der Waals surface area contributed by atoms with E-state index in [1.54, 1.807) is 30.3 Å². The van der Waals surface area contributed by atoms with Crippen molar-refractivity contribution in [1.29, 1.82) is 0 Å². The Morgan fingerprint density at radius 3 is 2.40 bits per heavy atom. The first-order valence-corrected chi connectivity index (χ1v) is 10.5. The summed E-state index contributed by atoms with van der Waals surface area (Å²) in [5, 5.41) is 3.91. The summed E-state index contributed by atoms with van der Waals surface area (Å²) in [5.74, 6) is 0.969. The van der Waals surface area contributed by atoms with Crippen molar-refractivity contribution in [2.24, 2.45) is 0 Å². The zero-order chi connectivity index (χ0) is 21.9. The van der Waals surface area contributed by atoms with Crippen LogP contribution in [0.4, 0.5) is 0 Å². The highest BCUT2D eigenvalue weighted by Crippen LogP contribution is 2.28. The number of carbonyl (C=O) groups is 1. The molecule has 1 heterocycles. The molecular weight excluding hydrogens is 421 g/mol. The predicted octanol–water partition coefficient (Wildman–Crippen LogP) is 6.95. The summed E-state index contributed by atoms with van der Waals surface area (Å²) in [7, 11) is 0. The van der Waals surface area contributed by atoms with Crippen LogP contribution in [0.2, 0.25) is 10.0 Å². The summed E-state index contributed by atoms with van der Waals surface area (Å²) < 4.78 is 11.3. The Labute approximate surface area is 187 Å². The van der Waals surface area contributed by atoms with Crippen LogP contribution < -0.4 is 10.1 Å². The SMILES string of the molecule is C[C@@H](NC(=O)c1ccc(COc2ccc(Cl)cc2Cl)o1)c1ccc(C(C)(C)C)cc1. The zero-order valence-corrected chi connectivity index (χ0v) is 19.0. The van der Waals surface area contributed by atoms with Gasteiger partial charge in [0.2, 0.25) is 0 Å². The number of benzene rings is 2. The molecule has 0 saturated heterocycles. The number of amides is 1. The van der Waals surface area contributed by atoms with Crippen LogP contribution in [0.5, 0.6) is 5.75 Å². The summed E-state index contributed by atoms with van der Waals surface area (Å²) >= 11 is 12.0. The third-order valence-electron chi connectivity index (χ3n) is 4.77. The average molecular weight is 446 g/mol. The molecule has 3 rings (SSSR count). The molecule has 6 heteroatoms. The van der Waals surface area contributed by atoms with E-state index in [0.717, 1.165) is 5.56 Å². The lowest BCUT2D eigenvalue weighted by molar-refractivity contribution is 0.0907. The molecule has 1 aromatic heterocycles. The topological polar surface area (TPSA) is 51.5 Å². The number of ether oxygens (including phenoxy) is 1. The molecule has 1 N–H and O–H groups in total. The third-order valence-corrected chi connectivity index (χ3v) is 5.30. The molecule has 0 radical (unpaired) electrons. The third kappa shape index (κ3) is 5.59. The van der Waals surface area contributed by atoms with Crippen LogP contribution >= 0.6 is 23.2 Å². The van der Waals surface area contributed by atoms with E-state index in [0.29, 0.717) is 21.6 Å². The maximum atomic E-state index is 12.6. The molecule has 0 aliphatic carbocycles. The van der Waals surface area contributed by atoms with E-state index < -0.39 is 0 Å². The Balaban J connectivity index is 1.59. The van der Waals surface area contributed by atoms with Crippen molar-refractivity contribution >= 4 is 29.1 Å². The second-order valence-electron chi connectivity index (χ2n) is 8.20. The smallest absolute Gasteiger partial charge is 0.287 e. The first-order valence-electron chi connectivity index (χ1n) is 9.71. The largest absolute Gasteiger partial charge is 0.484 e. The van der Waals surface area contributed by atoms with Gasteiger partial charge in [0.1, 0.15) is 18.1 Å². The fourth-order valence-corrected chi connectivity index (χ4v) is 3.40. The normalized spacial score (nSPS) is 12.5. The summed E-state index contributed by atoms with van der Waals surface area (Å²) in [4.78, 5) is 12.6. The second-order valence-corrected chi connectivity index (χ2v) is 9.04. The van der Waals surface area contributed by atoms with Crippen LogP contribution in [0, 0.1) is 0 Å². The van der Waals surface area contributed by atoms with Gasteiger partial charge in [-0.3, -0.25) is 4.79 Å². The lowest BCUT2D eigenvalue weighted by Gasteiger charge is -2.20. The van der Waals surface area contributed by atoms with Crippen LogP contribution in [-0.2, 0) is 12.0 Å². The zero-order valence-electron chi connectivity index (χ0n) is 17.5. The van der Waals surface area contributed by atoms with Crippen molar-refractivity contribution in [2.45, 2.75) is 45.8 Å². The van der Waals surface area contributed by atoms with E-state index in [-0.39, 0.29) is 29.7 Å². The number of nitrogens with one attached hydrogen (secondary N) is 1. The van der Waals surface area contributed by atoms with Gasteiger partial charge in [0.15, 0.2) is 5.76 Å². The summed E-state index contributed by atoms with van der Waals surface area (Å²) in [6.45, 7) is 8.61. The molecule has 0 saturated carbocycles. The highest BCUT2D eigenvalue weighted by molar-refractivity contribution is 6.35. The molecular formula is C24H25Cl2NO3. The van der Waals surface area contributed by atoms with Gasteiger partial charge >= 0.3 is 0 Å². The lowest BCUT2D eigenvalue weighted by atomic mass is 9.86. The molecule has 0 aliphatic rings. The van der Waals surface area contributed by atoms with Gasteiger partial charge < -0.3 is 14.5 Å². The molecule has 1 atom stereocenters. The Hall–Kier alpha value is -2.43. The Bertz CT molecular complexity index is 1020. The molecule has 0 fully saturated rings. The van der Waals surface area contributed by atoms with Crippen molar-refractivity contribution in [3.05, 3.63) is 87.3 Å². The molecule has 0 unspecified atom stereocenters. The van der Waals surface area contributed by atoms with E-state index in [9.17, 15) is 4.79 Å². The van der Waals surface area contributed by atoms with Crippen LogP contribution in [0.15, 0.2) is 59.0 Å². The quantitative estimate of drug-likeness (QED) is 0.446. The Morgan fingerprint density at radius 1 is 1.07 bits per heavy atom. The van der Waals surface area contributed by atoms with Gasteiger partial charge in [0.05, 0.1) is 11.1 Å². The number of carbonyl (C=O) groups excluding carboxylic acids is 1. The Kier molecular flexibility index (Phi) is 6.79. The molecule has 0 spiro atoms. The van der Waals surface area contributed by atoms with E-state index in [1.807, 2.05) is 19.1 Å². The first-order chi connectivity index (χ1) is 14.1. The van der Waals surface area contributed by atoms with E-state index in [2.05, 4.69) is 38.2 Å². The molecule has 1 amide bonds. The van der Waals surface area contributed by atoms with Gasteiger partial charge in [0, 0.05) is 5.02 Å². The minimum absolute atomic E-state index is 0.0912. The number of furan rings is 1. The predicted molar refractivity (Wildman–Crippen MR) is 121 cm³/mol. The lowest BCUT2D eigenvalue weighted by Crippen LogP contribution is -2.26. The van der Waals surface area contributed by atoms with Gasteiger partial charge in [-0.25, -0.2) is 0 Å². The summed E-state index contributed by atoms with van der Waals surface area (Å²) in [6.07, 6.45) is 0. The Morgan fingerprint density at radius 2 is 1.77 bits per heavy atom. The molecule has 0 aliphatic heterocycles. The van der Waals surface area contributed by atoms with Crippen LogP contribution in [0.25, 0.3) is 0 Å². The maximum Gasteiger partial charge on any atom is 0.287 e. The number of hydrogen-bond acceptors (Lipinski definition) is 3. The van der Waals surface area contributed by atoms with Gasteiger partial charge in [-0.05, 0) is 53.8 Å². The highest BCUT2D eigenvalue weighted by atomic mass is 35.5. The summed E-state index contributed by atoms with van der Waals surface area (Å²) in [6, 6.07) is 16.5. The standard InChI is InChI=1S/C24H25Cl2NO3/c1-15(16-5-7-17(8-6-16)24(2,3)4)27-23(28)22-12-10-19(30-22)14-29-21-11-9-18(25)13-20(21)26/h5-13,15H,14H2,1-4H3,(H,27,28)/t15-/m1/s1. The van der Waals surface area contributed by atoms with E-state index in [1.165, 1.54) is 5.56 Å². The van der Waals surface area contributed by atoms with Gasteiger partial charge in [0.25, 0.3) is 5.91 Å². The van der Waals surface area contributed by atoms with Crippen molar-refractivity contribution in [2.75, 3.05) is 0 Å². The van der Waals surface area contributed by atoms with Gasteiger partial charge in [-0.15, -0.1) is 0 Å². The minimum atomic E-state index is -0.279. The highest BCUT2D eigenvalue weighted by Gasteiger charge is 2.17. The number of halogens is 2. The van der Waals surface area contributed by atoms with E-state index >= 15 is 0 Å². The van der Waals surface area contributed by atoms with Crippen molar-refractivity contribution in [1.82, 2.24) is 5.32 Å². The van der Waals surface area contributed by atoms with Crippen LogP contribution in [0.1, 0.15) is 61.2 Å². The molecule has 0 bridgehead atoms. The molecule has 30 heavy (non-hydrogen) atoms. The van der Waals surface area contributed by atoms with Gasteiger partial charge in [-0.2, -0.15) is 0 Å². The average Bonchev–Trinajstić information content (AvgIpc) is 3.16. The number of hydrogen-bond donors (Lipinski definition) is 1. The fraction of sp³-hybridized carbons (Fsp3) is 0.292. The fourth-order valence-electron chi connectivity index (χ4n) is 2.94. The minimum Gasteiger partial charge on any atom is -0.484 e. The van der Waals surface area contributed by atoms with E-state index in [4.69, 9.17) is 32.4 Å². The van der Waals surface area contributed by atoms with Crippen LogP contribution in [0.3, 0.4) is 0 Å². The van der Waals surface area contributed by atoms with Crippen molar-refractivity contribution < 1.29 is 13.9 Å². The second kappa shape index (κ2) is 9.15. The van der Waals surface area contributed by atoms with Crippen molar-refractivity contribution in [3.8, 4) is 5.75 Å². The van der Waals surface area contributed by atoms with Crippen molar-refractivity contribution in [3.63, 3.8) is 0 Å². The molecule has 2 aromatic carbocycles. The maximum absolute atomic E-state index is 12.6. The van der Waals surface area contributed by atoms with Gasteiger partial charge in [-0.1, -0.05) is 68.2 Å². The molecule has 158 valence electrons. The van der Waals surface area contributed by atoms with Crippen LogP contribution in [-0.4, -0.2) is 5.91 Å². The monoisotopic (exact) mass is 445 g/mol. The molecule has 3 aromatic rings. The number of rotatable bonds is 6. The summed E-state index contributed by atoms with van der Waals surface area (Å²) in [5.41, 5.74) is 2.37.